The molecule has 20 heavy (non-hydrogen) atoms. The maximum absolute atomic E-state index is 12.0. The molecule has 1 aliphatic rings. The zero-order chi connectivity index (χ0) is 14.5. The summed E-state index contributed by atoms with van der Waals surface area (Å²) in [5, 5.41) is 5.98. The van der Waals surface area contributed by atoms with Crippen LogP contribution < -0.4 is 10.6 Å². The quantitative estimate of drug-likeness (QED) is 0.890. The van der Waals surface area contributed by atoms with Crippen LogP contribution in [-0.2, 0) is 6.54 Å². The molecule has 5 heteroatoms. The minimum Gasteiger partial charge on any atom is -0.448 e. The Morgan fingerprint density at radius 2 is 2.20 bits per heavy atom. The number of carbonyl (C=O) groups is 1. The van der Waals surface area contributed by atoms with Gasteiger partial charge in [0.1, 0.15) is 11.5 Å². The van der Waals surface area contributed by atoms with Gasteiger partial charge in [-0.2, -0.15) is 0 Å². The topological polar surface area (TPSA) is 67.2 Å². The summed E-state index contributed by atoms with van der Waals surface area (Å²) in [6, 6.07) is 0.187. The molecule has 1 heterocycles. The van der Waals surface area contributed by atoms with Crippen LogP contribution in [0.5, 0.6) is 0 Å². The number of aromatic nitrogens is 1. The van der Waals surface area contributed by atoms with Gasteiger partial charge in [-0.05, 0) is 31.6 Å². The van der Waals surface area contributed by atoms with Gasteiger partial charge in [-0.25, -0.2) is 9.78 Å². The van der Waals surface area contributed by atoms with Gasteiger partial charge in [-0.3, -0.25) is 0 Å². The second kappa shape index (κ2) is 6.77. The van der Waals surface area contributed by atoms with Crippen LogP contribution in [0.4, 0.5) is 4.79 Å². The number of oxazole rings is 1. The monoisotopic (exact) mass is 279 g/mol. The number of hydrogen-bond donors (Lipinski definition) is 2. The first-order valence-corrected chi connectivity index (χ1v) is 7.51. The summed E-state index contributed by atoms with van der Waals surface area (Å²) in [5.74, 6) is 1.95. The normalized spacial score (nSPS) is 22.8. The van der Waals surface area contributed by atoms with Crippen molar-refractivity contribution in [1.82, 2.24) is 15.6 Å². The van der Waals surface area contributed by atoms with Crippen LogP contribution in [0.3, 0.4) is 0 Å². The van der Waals surface area contributed by atoms with Crippen LogP contribution in [0.25, 0.3) is 0 Å². The Kier molecular flexibility index (Phi) is 5.04. The lowest BCUT2D eigenvalue weighted by molar-refractivity contribution is 0.194. The highest BCUT2D eigenvalue weighted by atomic mass is 16.3. The number of rotatable bonds is 4. The molecule has 1 fully saturated rings. The molecular weight excluding hydrogens is 254 g/mol. The van der Waals surface area contributed by atoms with Gasteiger partial charge in [-0.15, -0.1) is 0 Å². The van der Waals surface area contributed by atoms with Gasteiger partial charge in [0.15, 0.2) is 6.39 Å². The first kappa shape index (κ1) is 14.9. The van der Waals surface area contributed by atoms with E-state index >= 15 is 0 Å². The lowest BCUT2D eigenvalue weighted by atomic mass is 9.78. The largest absolute Gasteiger partial charge is 0.448 e. The van der Waals surface area contributed by atoms with Crippen molar-refractivity contribution in [3.8, 4) is 0 Å². The van der Waals surface area contributed by atoms with Crippen molar-refractivity contribution in [2.75, 3.05) is 0 Å². The van der Waals surface area contributed by atoms with E-state index in [2.05, 4.69) is 29.5 Å². The van der Waals surface area contributed by atoms with Crippen molar-refractivity contribution in [2.45, 2.75) is 59.0 Å². The van der Waals surface area contributed by atoms with Gasteiger partial charge >= 0.3 is 6.03 Å². The SMILES string of the molecule is Cc1ocnc1CNC(=O)NC1CCCCC1C(C)C. The second-order valence-electron chi connectivity index (χ2n) is 5.98. The molecule has 5 nitrogen and oxygen atoms in total. The van der Waals surface area contributed by atoms with E-state index in [1.54, 1.807) is 0 Å². The highest BCUT2D eigenvalue weighted by Crippen LogP contribution is 2.30. The molecule has 1 aromatic heterocycles. The minimum absolute atomic E-state index is 0.107. The molecule has 1 saturated carbocycles. The molecule has 2 rings (SSSR count). The Bertz CT molecular complexity index is 442. The molecule has 2 amide bonds. The third-order valence-corrected chi connectivity index (χ3v) is 4.25. The van der Waals surface area contributed by atoms with E-state index in [1.165, 1.54) is 25.7 Å². The van der Waals surface area contributed by atoms with Gasteiger partial charge in [-0.1, -0.05) is 26.7 Å². The molecule has 1 aromatic rings. The molecule has 2 unspecified atom stereocenters. The minimum atomic E-state index is -0.107. The molecule has 0 saturated heterocycles. The third kappa shape index (κ3) is 3.74. The fourth-order valence-electron chi connectivity index (χ4n) is 3.02. The van der Waals surface area contributed by atoms with Crippen molar-refractivity contribution < 1.29 is 9.21 Å². The predicted octanol–water partition coefficient (Wildman–Crippen LogP) is 3.00. The van der Waals surface area contributed by atoms with Crippen molar-refractivity contribution in [3.63, 3.8) is 0 Å². The first-order chi connectivity index (χ1) is 9.58. The number of nitrogens with zero attached hydrogens (tertiary/aromatic N) is 1. The standard InChI is InChI=1S/C15H25N3O2/c1-10(2)12-6-4-5-7-13(12)18-15(19)16-8-14-11(3)20-9-17-14/h9-10,12-13H,4-8H2,1-3H3,(H2,16,18,19). The maximum atomic E-state index is 12.0. The van der Waals surface area contributed by atoms with E-state index in [4.69, 9.17) is 4.42 Å². The van der Waals surface area contributed by atoms with E-state index in [1.807, 2.05) is 6.92 Å². The average molecular weight is 279 g/mol. The van der Waals surface area contributed by atoms with E-state index < -0.39 is 0 Å². The molecule has 0 aromatic carbocycles. The highest BCUT2D eigenvalue weighted by Gasteiger charge is 2.28. The maximum Gasteiger partial charge on any atom is 0.315 e. The van der Waals surface area contributed by atoms with Gasteiger partial charge in [0.05, 0.1) is 6.54 Å². The number of carbonyl (C=O) groups excluding carboxylic acids is 1. The number of hydrogen-bond acceptors (Lipinski definition) is 3. The molecule has 0 bridgehead atoms. The summed E-state index contributed by atoms with van der Waals surface area (Å²) in [4.78, 5) is 16.1. The Morgan fingerprint density at radius 3 is 2.85 bits per heavy atom. The molecule has 112 valence electrons. The van der Waals surface area contributed by atoms with Gasteiger partial charge in [0, 0.05) is 6.04 Å². The molecule has 2 atom stereocenters. The van der Waals surface area contributed by atoms with E-state index in [-0.39, 0.29) is 6.03 Å². The van der Waals surface area contributed by atoms with Gasteiger partial charge < -0.3 is 15.1 Å². The van der Waals surface area contributed by atoms with Crippen LogP contribution >= 0.6 is 0 Å². The molecule has 2 N–H and O–H groups in total. The zero-order valence-corrected chi connectivity index (χ0v) is 12.6. The zero-order valence-electron chi connectivity index (χ0n) is 12.6. The summed E-state index contributed by atoms with van der Waals surface area (Å²) in [6.07, 6.45) is 6.18. The fraction of sp³-hybridized carbons (Fsp3) is 0.733. The lowest BCUT2D eigenvalue weighted by Crippen LogP contribution is -2.47. The van der Waals surface area contributed by atoms with E-state index in [0.29, 0.717) is 24.4 Å². The summed E-state index contributed by atoms with van der Waals surface area (Å²) in [7, 11) is 0. The summed E-state index contributed by atoms with van der Waals surface area (Å²) in [6.45, 7) is 6.73. The molecule has 0 radical (unpaired) electrons. The van der Waals surface area contributed by atoms with Gasteiger partial charge in [0.2, 0.25) is 0 Å². The summed E-state index contributed by atoms with van der Waals surface area (Å²) >= 11 is 0. The fourth-order valence-corrected chi connectivity index (χ4v) is 3.02. The predicted molar refractivity (Wildman–Crippen MR) is 77.2 cm³/mol. The van der Waals surface area contributed by atoms with Crippen molar-refractivity contribution in [2.24, 2.45) is 11.8 Å². The average Bonchev–Trinajstić information content (AvgIpc) is 2.82. The molecule has 0 spiro atoms. The Balaban J connectivity index is 1.82. The van der Waals surface area contributed by atoms with E-state index in [0.717, 1.165) is 17.9 Å². The number of amides is 2. The Labute approximate surface area is 120 Å². The summed E-state index contributed by atoms with van der Waals surface area (Å²) in [5.41, 5.74) is 0.782. The molecular formula is C15H25N3O2. The van der Waals surface area contributed by atoms with Crippen LogP contribution in [0.2, 0.25) is 0 Å². The van der Waals surface area contributed by atoms with Crippen LogP contribution in [0, 0.1) is 18.8 Å². The Morgan fingerprint density at radius 1 is 1.45 bits per heavy atom. The van der Waals surface area contributed by atoms with Crippen molar-refractivity contribution in [3.05, 3.63) is 17.8 Å². The molecule has 0 aliphatic heterocycles. The van der Waals surface area contributed by atoms with Crippen molar-refractivity contribution in [1.29, 1.82) is 0 Å². The van der Waals surface area contributed by atoms with Crippen LogP contribution in [0.1, 0.15) is 51.0 Å². The number of aryl methyl sites for hydroxylation is 1. The van der Waals surface area contributed by atoms with Crippen LogP contribution in [0.15, 0.2) is 10.8 Å². The smallest absolute Gasteiger partial charge is 0.315 e. The molecule has 1 aliphatic carbocycles. The lowest BCUT2D eigenvalue weighted by Gasteiger charge is -2.34. The van der Waals surface area contributed by atoms with Crippen molar-refractivity contribution >= 4 is 6.03 Å². The van der Waals surface area contributed by atoms with Crippen LogP contribution in [-0.4, -0.2) is 17.1 Å². The first-order valence-electron chi connectivity index (χ1n) is 7.51. The van der Waals surface area contributed by atoms with E-state index in [9.17, 15) is 4.79 Å². The van der Waals surface area contributed by atoms with Gasteiger partial charge in [0.25, 0.3) is 0 Å². The summed E-state index contributed by atoms with van der Waals surface area (Å²) < 4.78 is 5.11. The highest BCUT2D eigenvalue weighted by molar-refractivity contribution is 5.74. The Hall–Kier alpha value is -1.52. The third-order valence-electron chi connectivity index (χ3n) is 4.25. The number of urea groups is 1. The number of nitrogens with one attached hydrogen (secondary N) is 2. The second-order valence-corrected chi connectivity index (χ2v) is 5.98.